The lowest BCUT2D eigenvalue weighted by atomic mass is 10.1. The number of carbonyl (C=O) groups is 4. The molecule has 0 aliphatic carbocycles. The van der Waals surface area contributed by atoms with Gasteiger partial charge in [0.05, 0.1) is 11.7 Å². The first-order valence-corrected chi connectivity index (χ1v) is 7.27. The van der Waals surface area contributed by atoms with Crippen LogP contribution >= 0.6 is 0 Å². The summed E-state index contributed by atoms with van der Waals surface area (Å²) < 4.78 is 0. The van der Waals surface area contributed by atoms with Gasteiger partial charge in [-0.05, 0) is 24.3 Å². The molecule has 0 radical (unpaired) electrons. The third-order valence-electron chi connectivity index (χ3n) is 3.97. The summed E-state index contributed by atoms with van der Waals surface area (Å²) in [5.74, 6) is -0.730. The number of nitrogens with one attached hydrogen (secondary N) is 1. The summed E-state index contributed by atoms with van der Waals surface area (Å²) in [6.07, 6.45) is 0.443. The molecule has 3 rings (SSSR count). The highest BCUT2D eigenvalue weighted by Gasteiger charge is 2.31. The van der Waals surface area contributed by atoms with Crippen molar-refractivity contribution in [1.29, 1.82) is 0 Å². The lowest BCUT2D eigenvalue weighted by Crippen LogP contribution is -2.62. The molecule has 1 aromatic rings. The number of likely N-dealkylation sites (tertiary alicyclic amines) is 1. The quantitative estimate of drug-likeness (QED) is 0.754. The summed E-state index contributed by atoms with van der Waals surface area (Å²) in [6, 6.07) is 5.66. The second-order valence-corrected chi connectivity index (χ2v) is 5.58. The van der Waals surface area contributed by atoms with Gasteiger partial charge in [0.25, 0.3) is 5.91 Å². The Labute approximate surface area is 132 Å². The standard InChI is InChI=1S/C15H16N4O4/c16-15(23)18-7-10(8-18)17-14(22)9-1-3-11(4-2-9)19-12(20)5-6-13(19)21/h1-4,10H,5-8H2,(H2,16,23)(H,17,22). The number of nitrogens with two attached hydrogens (primary N) is 1. The number of hydrogen-bond donors (Lipinski definition) is 2. The Morgan fingerprint density at radius 3 is 2.13 bits per heavy atom. The van der Waals surface area contributed by atoms with Crippen LogP contribution in [0.15, 0.2) is 24.3 Å². The SMILES string of the molecule is NC(=O)N1CC(NC(=O)c2ccc(N3C(=O)CCC3=O)cc2)C1. The van der Waals surface area contributed by atoms with Crippen molar-refractivity contribution in [1.82, 2.24) is 10.2 Å². The smallest absolute Gasteiger partial charge is 0.314 e. The van der Waals surface area contributed by atoms with Crippen molar-refractivity contribution < 1.29 is 19.2 Å². The van der Waals surface area contributed by atoms with Crippen molar-refractivity contribution in [2.24, 2.45) is 5.73 Å². The highest BCUT2D eigenvalue weighted by atomic mass is 16.2. The van der Waals surface area contributed by atoms with Gasteiger partial charge in [-0.1, -0.05) is 0 Å². The van der Waals surface area contributed by atoms with E-state index in [0.717, 1.165) is 4.90 Å². The van der Waals surface area contributed by atoms with Crippen LogP contribution in [0.2, 0.25) is 0 Å². The maximum atomic E-state index is 12.1. The Morgan fingerprint density at radius 1 is 1.04 bits per heavy atom. The van der Waals surface area contributed by atoms with Gasteiger partial charge in [-0.3, -0.25) is 19.3 Å². The number of benzene rings is 1. The minimum atomic E-state index is -0.500. The van der Waals surface area contributed by atoms with Crippen molar-refractivity contribution in [3.63, 3.8) is 0 Å². The van der Waals surface area contributed by atoms with E-state index < -0.39 is 6.03 Å². The van der Waals surface area contributed by atoms with Crippen molar-refractivity contribution in [3.05, 3.63) is 29.8 Å². The number of carbonyl (C=O) groups excluding carboxylic acids is 4. The molecule has 0 atom stereocenters. The minimum Gasteiger partial charge on any atom is -0.351 e. The Kier molecular flexibility index (Phi) is 3.73. The van der Waals surface area contributed by atoms with Gasteiger partial charge in [-0.25, -0.2) is 4.79 Å². The third kappa shape index (κ3) is 2.87. The monoisotopic (exact) mass is 316 g/mol. The van der Waals surface area contributed by atoms with Crippen molar-refractivity contribution >= 4 is 29.4 Å². The second kappa shape index (κ2) is 5.71. The number of anilines is 1. The molecule has 120 valence electrons. The van der Waals surface area contributed by atoms with Crippen molar-refractivity contribution in [3.8, 4) is 0 Å². The zero-order valence-electron chi connectivity index (χ0n) is 12.3. The predicted molar refractivity (Wildman–Crippen MR) is 80.6 cm³/mol. The van der Waals surface area contributed by atoms with Gasteiger partial charge < -0.3 is 16.0 Å². The Hall–Kier alpha value is -2.90. The molecule has 2 aliphatic heterocycles. The van der Waals surface area contributed by atoms with Gasteiger partial charge in [-0.15, -0.1) is 0 Å². The van der Waals surface area contributed by atoms with Gasteiger partial charge in [-0.2, -0.15) is 0 Å². The predicted octanol–water partition coefficient (Wildman–Crippen LogP) is -0.167. The summed E-state index contributed by atoms with van der Waals surface area (Å²) in [7, 11) is 0. The second-order valence-electron chi connectivity index (χ2n) is 5.58. The van der Waals surface area contributed by atoms with Gasteiger partial charge >= 0.3 is 6.03 Å². The first kappa shape index (κ1) is 15.0. The van der Waals surface area contributed by atoms with E-state index in [2.05, 4.69) is 5.32 Å². The molecule has 5 amide bonds. The maximum Gasteiger partial charge on any atom is 0.314 e. The molecule has 0 bridgehead atoms. The van der Waals surface area contributed by atoms with E-state index in [1.807, 2.05) is 0 Å². The molecular formula is C15H16N4O4. The summed E-state index contributed by atoms with van der Waals surface area (Å²) >= 11 is 0. The molecular weight excluding hydrogens is 300 g/mol. The molecule has 8 nitrogen and oxygen atoms in total. The number of hydrogen-bond acceptors (Lipinski definition) is 4. The van der Waals surface area contributed by atoms with E-state index in [1.54, 1.807) is 24.3 Å². The van der Waals surface area contributed by atoms with Crippen molar-refractivity contribution in [2.75, 3.05) is 18.0 Å². The number of urea groups is 1. The molecule has 8 heteroatoms. The molecule has 1 aromatic carbocycles. The number of imide groups is 1. The van der Waals surface area contributed by atoms with Crippen LogP contribution in [0.4, 0.5) is 10.5 Å². The van der Waals surface area contributed by atoms with Crippen LogP contribution in [-0.4, -0.2) is 47.8 Å². The molecule has 2 fully saturated rings. The molecule has 23 heavy (non-hydrogen) atoms. The zero-order chi connectivity index (χ0) is 16.6. The van der Waals surface area contributed by atoms with Crippen LogP contribution in [-0.2, 0) is 9.59 Å². The topological polar surface area (TPSA) is 113 Å². The molecule has 2 heterocycles. The first-order chi connectivity index (χ1) is 11.0. The lowest BCUT2D eigenvalue weighted by Gasteiger charge is -2.38. The third-order valence-corrected chi connectivity index (χ3v) is 3.97. The highest BCUT2D eigenvalue weighted by molar-refractivity contribution is 6.19. The average Bonchev–Trinajstić information content (AvgIpc) is 2.81. The van der Waals surface area contributed by atoms with E-state index in [-0.39, 0.29) is 36.6 Å². The zero-order valence-corrected chi connectivity index (χ0v) is 12.3. The van der Waals surface area contributed by atoms with Crippen LogP contribution < -0.4 is 16.0 Å². The van der Waals surface area contributed by atoms with Gasteiger partial charge in [0.1, 0.15) is 0 Å². The van der Waals surface area contributed by atoms with Crippen molar-refractivity contribution in [2.45, 2.75) is 18.9 Å². The van der Waals surface area contributed by atoms with Crippen LogP contribution in [0.25, 0.3) is 0 Å². The lowest BCUT2D eigenvalue weighted by molar-refractivity contribution is -0.121. The van der Waals surface area contributed by atoms with Crippen LogP contribution in [0, 0.1) is 0 Å². The Morgan fingerprint density at radius 2 is 1.61 bits per heavy atom. The maximum absolute atomic E-state index is 12.1. The molecule has 0 aromatic heterocycles. The minimum absolute atomic E-state index is 0.114. The molecule has 2 aliphatic rings. The summed E-state index contributed by atoms with van der Waals surface area (Å²) in [5.41, 5.74) is 6.01. The summed E-state index contributed by atoms with van der Waals surface area (Å²) in [5, 5.41) is 2.79. The molecule has 0 spiro atoms. The fraction of sp³-hybridized carbons (Fsp3) is 0.333. The number of primary amides is 1. The molecule has 0 saturated carbocycles. The van der Waals surface area contributed by atoms with E-state index >= 15 is 0 Å². The number of amides is 5. The molecule has 2 saturated heterocycles. The van der Waals surface area contributed by atoms with E-state index in [1.165, 1.54) is 4.90 Å². The van der Waals surface area contributed by atoms with Gasteiger partial charge in [0.2, 0.25) is 11.8 Å². The van der Waals surface area contributed by atoms with Crippen LogP contribution in [0.3, 0.4) is 0 Å². The normalized spacial score (nSPS) is 18.1. The molecule has 3 N–H and O–H groups in total. The first-order valence-electron chi connectivity index (χ1n) is 7.27. The fourth-order valence-corrected chi connectivity index (χ4v) is 2.64. The van der Waals surface area contributed by atoms with Crippen LogP contribution in [0.5, 0.6) is 0 Å². The average molecular weight is 316 g/mol. The summed E-state index contributed by atoms with van der Waals surface area (Å²) in [6.45, 7) is 0.797. The largest absolute Gasteiger partial charge is 0.351 e. The number of nitrogens with zero attached hydrogens (tertiary/aromatic N) is 2. The van der Waals surface area contributed by atoms with E-state index in [9.17, 15) is 19.2 Å². The van der Waals surface area contributed by atoms with E-state index in [0.29, 0.717) is 24.3 Å². The Bertz CT molecular complexity index is 663. The van der Waals surface area contributed by atoms with E-state index in [4.69, 9.17) is 5.73 Å². The fourth-order valence-electron chi connectivity index (χ4n) is 2.64. The van der Waals surface area contributed by atoms with Gasteiger partial charge in [0, 0.05) is 31.5 Å². The Balaban J connectivity index is 1.61. The van der Waals surface area contributed by atoms with Crippen LogP contribution in [0.1, 0.15) is 23.2 Å². The van der Waals surface area contributed by atoms with Gasteiger partial charge in [0.15, 0.2) is 0 Å². The number of rotatable bonds is 3. The highest BCUT2D eigenvalue weighted by Crippen LogP contribution is 2.22. The summed E-state index contributed by atoms with van der Waals surface area (Å²) in [4.78, 5) is 48.9. The molecule has 0 unspecified atom stereocenters.